The number of anilines is 1. The van der Waals surface area contributed by atoms with Gasteiger partial charge in [0.2, 0.25) is 0 Å². The van der Waals surface area contributed by atoms with Crippen molar-refractivity contribution < 1.29 is 37.0 Å². The van der Waals surface area contributed by atoms with E-state index >= 15 is 4.39 Å². The number of nitrogens with zero attached hydrogens (tertiary/aromatic N) is 6. The van der Waals surface area contributed by atoms with Gasteiger partial charge in [0.15, 0.2) is 0 Å². The number of carbonyl (C=O) groups excluding carboxylic acids is 2. The lowest BCUT2D eigenvalue weighted by Gasteiger charge is -2.40. The topological polar surface area (TPSA) is 150 Å². The maximum absolute atomic E-state index is 15.9. The van der Waals surface area contributed by atoms with E-state index in [-0.39, 0.29) is 66.2 Å². The summed E-state index contributed by atoms with van der Waals surface area (Å²) in [6.07, 6.45) is 4.80. The molecule has 2 fully saturated rings. The maximum atomic E-state index is 15.9. The monoisotopic (exact) mass is 803 g/mol. The van der Waals surface area contributed by atoms with Crippen LogP contribution in [0.2, 0.25) is 0 Å². The summed E-state index contributed by atoms with van der Waals surface area (Å²) in [4.78, 5) is 67.2. The molecular formula is C41H44F3N7O7. The van der Waals surface area contributed by atoms with E-state index in [4.69, 9.17) is 14.2 Å². The van der Waals surface area contributed by atoms with Crippen molar-refractivity contribution in [2.75, 3.05) is 64.1 Å². The largest absolute Gasteiger partial charge is 0.464 e. The standard InChI is InChI=1S/C41H44F3N7O7/c1-25-20-27(50-15-19-57-24-34(50)41(2,43)44)22-30(42)35(25)37(52)47-31(39(54)58-16-5-12-49-13-17-56-18-14-49)21-26-7-8-32(36-28(26)6-4-10-46-36)51-38(53)29-9-11-45-23-33(29)48(3)40(51)55/h4,6-11,20,22-23,31,34H,5,12-19,21,24H2,1-3H3,(H,47,52)/t31?,34-/m1/s1. The van der Waals surface area contributed by atoms with Crippen LogP contribution in [-0.2, 0) is 32.5 Å². The Kier molecular flexibility index (Phi) is 11.9. The zero-order chi connectivity index (χ0) is 41.1. The minimum atomic E-state index is -3.15. The van der Waals surface area contributed by atoms with Gasteiger partial charge in [-0.2, -0.15) is 0 Å². The number of alkyl halides is 2. The molecule has 1 amide bonds. The van der Waals surface area contributed by atoms with Crippen LogP contribution in [0.15, 0.2) is 70.6 Å². The van der Waals surface area contributed by atoms with Gasteiger partial charge in [-0.3, -0.25) is 29.0 Å². The first-order valence-electron chi connectivity index (χ1n) is 19.1. The molecule has 58 heavy (non-hydrogen) atoms. The van der Waals surface area contributed by atoms with Gasteiger partial charge in [0, 0.05) is 70.0 Å². The number of amides is 1. The van der Waals surface area contributed by atoms with E-state index in [2.05, 4.69) is 20.2 Å². The Balaban J connectivity index is 1.20. The predicted octanol–water partition coefficient (Wildman–Crippen LogP) is 3.55. The van der Waals surface area contributed by atoms with Crippen LogP contribution in [0.25, 0.3) is 27.5 Å². The number of ether oxygens (including phenoxy) is 3. The maximum Gasteiger partial charge on any atom is 0.335 e. The molecule has 17 heteroatoms. The average Bonchev–Trinajstić information content (AvgIpc) is 3.21. The van der Waals surface area contributed by atoms with Gasteiger partial charge in [0.1, 0.15) is 17.9 Å². The molecule has 2 atom stereocenters. The van der Waals surface area contributed by atoms with Gasteiger partial charge in [0.05, 0.1) is 66.9 Å². The third kappa shape index (κ3) is 8.33. The molecule has 0 aliphatic carbocycles. The molecule has 2 aliphatic heterocycles. The van der Waals surface area contributed by atoms with E-state index in [1.54, 1.807) is 24.3 Å². The third-order valence-electron chi connectivity index (χ3n) is 10.7. The summed E-state index contributed by atoms with van der Waals surface area (Å²) in [5, 5.41) is 3.43. The van der Waals surface area contributed by atoms with E-state index < -0.39 is 46.9 Å². The summed E-state index contributed by atoms with van der Waals surface area (Å²) in [7, 11) is 1.53. The van der Waals surface area contributed by atoms with E-state index in [1.807, 2.05) is 0 Å². The minimum Gasteiger partial charge on any atom is -0.464 e. The Hall–Kier alpha value is -5.65. The van der Waals surface area contributed by atoms with Crippen molar-refractivity contribution >= 4 is 39.4 Å². The van der Waals surface area contributed by atoms with Gasteiger partial charge >= 0.3 is 11.7 Å². The second-order valence-corrected chi connectivity index (χ2v) is 14.6. The Labute approximate surface area is 331 Å². The molecule has 0 saturated carbocycles. The molecule has 1 N–H and O–H groups in total. The minimum absolute atomic E-state index is 0.0539. The molecule has 3 aromatic heterocycles. The lowest BCUT2D eigenvalue weighted by Crippen LogP contribution is -2.54. The normalized spacial score (nSPS) is 17.1. The number of carbonyl (C=O) groups is 2. The van der Waals surface area contributed by atoms with E-state index in [0.717, 1.165) is 30.6 Å². The van der Waals surface area contributed by atoms with Crippen molar-refractivity contribution in [2.24, 2.45) is 7.05 Å². The fourth-order valence-corrected chi connectivity index (χ4v) is 7.62. The molecule has 0 spiro atoms. The average molecular weight is 804 g/mol. The van der Waals surface area contributed by atoms with Crippen LogP contribution in [0.4, 0.5) is 18.9 Å². The number of pyridine rings is 2. The molecule has 7 rings (SSSR count). The highest BCUT2D eigenvalue weighted by atomic mass is 19.3. The number of halogens is 3. The Morgan fingerprint density at radius 1 is 1.03 bits per heavy atom. The van der Waals surface area contributed by atoms with Gasteiger partial charge in [0.25, 0.3) is 17.4 Å². The first-order valence-corrected chi connectivity index (χ1v) is 19.1. The van der Waals surface area contributed by atoms with Crippen molar-refractivity contribution in [3.8, 4) is 5.69 Å². The Morgan fingerprint density at radius 2 is 1.81 bits per heavy atom. The van der Waals surface area contributed by atoms with Gasteiger partial charge in [-0.15, -0.1) is 0 Å². The second kappa shape index (κ2) is 17.1. The fraction of sp³-hybridized carbons (Fsp3) is 0.415. The molecule has 1 unspecified atom stereocenters. The quantitative estimate of drug-likeness (QED) is 0.146. The molecule has 14 nitrogen and oxygen atoms in total. The van der Waals surface area contributed by atoms with Gasteiger partial charge < -0.3 is 24.4 Å². The summed E-state index contributed by atoms with van der Waals surface area (Å²) in [5.41, 5.74) is 0.173. The Bertz CT molecular complexity index is 2440. The lowest BCUT2D eigenvalue weighted by molar-refractivity contribution is -0.146. The molecule has 2 saturated heterocycles. The number of aryl methyl sites for hydroxylation is 2. The summed E-state index contributed by atoms with van der Waals surface area (Å²) >= 11 is 0. The lowest BCUT2D eigenvalue weighted by atomic mass is 9.98. The molecule has 306 valence electrons. The molecule has 5 heterocycles. The molecule has 2 aromatic carbocycles. The van der Waals surface area contributed by atoms with Crippen molar-refractivity contribution in [3.63, 3.8) is 0 Å². The second-order valence-electron chi connectivity index (χ2n) is 14.6. The highest BCUT2D eigenvalue weighted by Crippen LogP contribution is 2.32. The first-order chi connectivity index (χ1) is 27.8. The van der Waals surface area contributed by atoms with Gasteiger partial charge in [-0.1, -0.05) is 12.1 Å². The fourth-order valence-electron chi connectivity index (χ4n) is 7.62. The number of hydrogen-bond donors (Lipinski definition) is 1. The Morgan fingerprint density at radius 3 is 2.57 bits per heavy atom. The van der Waals surface area contributed by atoms with Crippen molar-refractivity contribution in [1.29, 1.82) is 0 Å². The van der Waals surface area contributed by atoms with Crippen LogP contribution >= 0.6 is 0 Å². The molecule has 0 bridgehead atoms. The van der Waals surface area contributed by atoms with Crippen LogP contribution in [0.1, 0.15) is 34.8 Å². The molecule has 5 aromatic rings. The molecule has 2 aliphatic rings. The SMILES string of the molecule is Cc1cc(N2CCOC[C@@H]2C(C)(F)F)cc(F)c1C(=O)NC(Cc1ccc(-n2c(=O)c3ccncc3n(C)c2=O)c2ncccc12)C(=O)OCCCN1CCOCC1. The van der Waals surface area contributed by atoms with Crippen LogP contribution < -0.4 is 21.5 Å². The summed E-state index contributed by atoms with van der Waals surface area (Å²) in [5.74, 6) is -5.77. The first kappa shape index (κ1) is 40.5. The number of rotatable bonds is 12. The van der Waals surface area contributed by atoms with Crippen molar-refractivity contribution in [2.45, 2.75) is 44.7 Å². The van der Waals surface area contributed by atoms with Crippen LogP contribution in [0.3, 0.4) is 0 Å². The molecule has 0 radical (unpaired) electrons. The number of morpholine rings is 2. The number of nitrogens with one attached hydrogen (secondary N) is 1. The predicted molar refractivity (Wildman–Crippen MR) is 209 cm³/mol. The van der Waals surface area contributed by atoms with Gasteiger partial charge in [-0.25, -0.2) is 27.3 Å². The number of esters is 1. The van der Waals surface area contributed by atoms with Crippen LogP contribution in [0.5, 0.6) is 0 Å². The van der Waals surface area contributed by atoms with Gasteiger partial charge in [-0.05, 0) is 54.8 Å². The summed E-state index contributed by atoms with van der Waals surface area (Å²) < 4.78 is 63.7. The van der Waals surface area contributed by atoms with E-state index in [9.17, 15) is 28.0 Å². The van der Waals surface area contributed by atoms with Crippen LogP contribution in [0, 0.1) is 12.7 Å². The number of benzene rings is 2. The molecular weight excluding hydrogens is 759 g/mol. The van der Waals surface area contributed by atoms with Crippen molar-refractivity contribution in [3.05, 3.63) is 104 Å². The third-order valence-corrected chi connectivity index (χ3v) is 10.7. The van der Waals surface area contributed by atoms with Crippen LogP contribution in [-0.4, -0.2) is 113 Å². The zero-order valence-electron chi connectivity index (χ0n) is 32.4. The zero-order valence-corrected chi connectivity index (χ0v) is 32.4. The highest BCUT2D eigenvalue weighted by molar-refractivity contribution is 5.99. The van der Waals surface area contributed by atoms with E-state index in [1.165, 1.54) is 54.2 Å². The van der Waals surface area contributed by atoms with Crippen molar-refractivity contribution in [1.82, 2.24) is 29.3 Å². The highest BCUT2D eigenvalue weighted by Gasteiger charge is 2.41. The number of fused-ring (bicyclic) bond motifs is 2. The smallest absolute Gasteiger partial charge is 0.335 e. The summed E-state index contributed by atoms with van der Waals surface area (Å²) in [6.45, 7) is 5.77. The summed E-state index contributed by atoms with van der Waals surface area (Å²) in [6, 6.07) is 7.94. The number of hydrogen-bond acceptors (Lipinski definition) is 11. The number of aromatic nitrogens is 4. The van der Waals surface area contributed by atoms with E-state index in [0.29, 0.717) is 42.6 Å².